The number of carbonyl (C=O) groups is 3. The maximum Gasteiger partial charge on any atom is 0.322 e. The number of rotatable bonds is 5. The quantitative estimate of drug-likeness (QED) is 0.729. The fourth-order valence-electron chi connectivity index (χ4n) is 2.58. The number of carbonyl (C=O) groups excluding carboxylic acids is 3. The molecule has 0 radical (unpaired) electrons. The van der Waals surface area contributed by atoms with E-state index in [1.165, 1.54) is 6.07 Å². The first-order valence-corrected chi connectivity index (χ1v) is 7.77. The molecule has 1 heterocycles. The Labute approximate surface area is 143 Å². The highest BCUT2D eigenvalue weighted by molar-refractivity contribution is 6.04. The van der Waals surface area contributed by atoms with Crippen molar-refractivity contribution in [3.8, 4) is 0 Å². The SMILES string of the molecule is O=C(CCc1ccccc1F)Nc1ccc(C2NC(=O)NC2=O)cc1. The molecule has 2 aromatic carbocycles. The van der Waals surface area contributed by atoms with E-state index >= 15 is 0 Å². The third kappa shape index (κ3) is 4.00. The third-order valence-corrected chi connectivity index (χ3v) is 3.88. The Kier molecular flexibility index (Phi) is 4.74. The van der Waals surface area contributed by atoms with Crippen LogP contribution in [0.4, 0.5) is 14.9 Å². The van der Waals surface area contributed by atoms with E-state index in [4.69, 9.17) is 0 Å². The van der Waals surface area contributed by atoms with Crippen LogP contribution in [0.25, 0.3) is 0 Å². The smallest absolute Gasteiger partial charge is 0.322 e. The molecule has 1 saturated heterocycles. The lowest BCUT2D eigenvalue weighted by Gasteiger charge is -2.10. The summed E-state index contributed by atoms with van der Waals surface area (Å²) in [5, 5.41) is 7.38. The van der Waals surface area contributed by atoms with Gasteiger partial charge in [-0.15, -0.1) is 0 Å². The van der Waals surface area contributed by atoms with Crippen LogP contribution in [0, 0.1) is 5.82 Å². The van der Waals surface area contributed by atoms with E-state index in [1.54, 1.807) is 42.5 Å². The fourth-order valence-corrected chi connectivity index (χ4v) is 2.58. The van der Waals surface area contributed by atoms with Crippen molar-refractivity contribution in [3.63, 3.8) is 0 Å². The number of anilines is 1. The zero-order chi connectivity index (χ0) is 17.8. The van der Waals surface area contributed by atoms with Crippen LogP contribution in [0.2, 0.25) is 0 Å². The Bertz CT molecular complexity index is 821. The van der Waals surface area contributed by atoms with Crippen molar-refractivity contribution in [3.05, 3.63) is 65.5 Å². The van der Waals surface area contributed by atoms with Crippen LogP contribution >= 0.6 is 0 Å². The summed E-state index contributed by atoms with van der Waals surface area (Å²) < 4.78 is 13.5. The molecule has 25 heavy (non-hydrogen) atoms. The number of nitrogens with one attached hydrogen (secondary N) is 3. The molecule has 1 atom stereocenters. The topological polar surface area (TPSA) is 87.3 Å². The van der Waals surface area contributed by atoms with E-state index < -0.39 is 18.0 Å². The first kappa shape index (κ1) is 16.6. The maximum atomic E-state index is 13.5. The van der Waals surface area contributed by atoms with E-state index in [2.05, 4.69) is 16.0 Å². The number of benzene rings is 2. The predicted molar refractivity (Wildman–Crippen MR) is 89.2 cm³/mol. The van der Waals surface area contributed by atoms with E-state index in [0.29, 0.717) is 23.2 Å². The second-order valence-corrected chi connectivity index (χ2v) is 5.66. The summed E-state index contributed by atoms with van der Waals surface area (Å²) in [4.78, 5) is 34.7. The molecule has 0 aliphatic carbocycles. The molecule has 0 saturated carbocycles. The van der Waals surface area contributed by atoms with Gasteiger partial charge in [-0.3, -0.25) is 14.9 Å². The lowest BCUT2D eigenvalue weighted by Crippen LogP contribution is -2.22. The number of aryl methyl sites for hydroxylation is 1. The van der Waals surface area contributed by atoms with Gasteiger partial charge in [0.25, 0.3) is 5.91 Å². The van der Waals surface area contributed by atoms with Crippen molar-refractivity contribution in [2.24, 2.45) is 0 Å². The lowest BCUT2D eigenvalue weighted by molar-refractivity contribution is -0.120. The van der Waals surface area contributed by atoms with Crippen molar-refractivity contribution < 1.29 is 18.8 Å². The molecule has 0 aromatic heterocycles. The van der Waals surface area contributed by atoms with Crippen molar-refractivity contribution in [1.82, 2.24) is 10.6 Å². The Hall–Kier alpha value is -3.22. The summed E-state index contributed by atoms with van der Waals surface area (Å²) in [6.45, 7) is 0. The molecule has 3 rings (SSSR count). The van der Waals surface area contributed by atoms with Gasteiger partial charge in [-0.05, 0) is 35.7 Å². The Morgan fingerprint density at radius 1 is 1.08 bits per heavy atom. The zero-order valence-electron chi connectivity index (χ0n) is 13.2. The van der Waals surface area contributed by atoms with Gasteiger partial charge in [0.05, 0.1) is 0 Å². The lowest BCUT2D eigenvalue weighted by atomic mass is 10.1. The highest BCUT2D eigenvalue weighted by Crippen LogP contribution is 2.19. The van der Waals surface area contributed by atoms with Gasteiger partial charge in [0, 0.05) is 12.1 Å². The van der Waals surface area contributed by atoms with Crippen molar-refractivity contribution in [2.45, 2.75) is 18.9 Å². The molecular weight excluding hydrogens is 325 g/mol. The normalized spacial score (nSPS) is 16.3. The van der Waals surface area contributed by atoms with E-state index in [-0.39, 0.29) is 18.1 Å². The highest BCUT2D eigenvalue weighted by atomic mass is 19.1. The Morgan fingerprint density at radius 2 is 1.80 bits per heavy atom. The van der Waals surface area contributed by atoms with Crippen LogP contribution in [-0.4, -0.2) is 17.8 Å². The van der Waals surface area contributed by atoms with Crippen LogP contribution in [0.3, 0.4) is 0 Å². The van der Waals surface area contributed by atoms with Gasteiger partial charge in [-0.2, -0.15) is 0 Å². The molecule has 1 fully saturated rings. The van der Waals surface area contributed by atoms with Gasteiger partial charge in [0.2, 0.25) is 5.91 Å². The summed E-state index contributed by atoms with van der Waals surface area (Å²) >= 11 is 0. The third-order valence-electron chi connectivity index (χ3n) is 3.88. The highest BCUT2D eigenvalue weighted by Gasteiger charge is 2.30. The number of imide groups is 1. The fraction of sp³-hybridized carbons (Fsp3) is 0.167. The molecule has 128 valence electrons. The van der Waals surface area contributed by atoms with Crippen LogP contribution in [-0.2, 0) is 16.0 Å². The molecule has 6 nitrogen and oxygen atoms in total. The van der Waals surface area contributed by atoms with Gasteiger partial charge in [0.15, 0.2) is 0 Å². The maximum absolute atomic E-state index is 13.5. The molecule has 1 aliphatic heterocycles. The van der Waals surface area contributed by atoms with E-state index in [9.17, 15) is 18.8 Å². The van der Waals surface area contributed by atoms with Gasteiger partial charge in [0.1, 0.15) is 11.9 Å². The molecule has 7 heteroatoms. The molecular formula is C18H16FN3O3. The van der Waals surface area contributed by atoms with Crippen molar-refractivity contribution in [1.29, 1.82) is 0 Å². The standard InChI is InChI=1S/C18H16FN3O3/c19-14-4-2-1-3-11(14)7-10-15(23)20-13-8-5-12(6-9-13)16-17(24)22-18(25)21-16/h1-6,8-9,16H,7,10H2,(H,20,23)(H2,21,22,24,25). The molecule has 4 amide bonds. The molecule has 1 unspecified atom stereocenters. The van der Waals surface area contributed by atoms with Gasteiger partial charge in [-0.25, -0.2) is 9.18 Å². The predicted octanol–water partition coefficient (Wildman–Crippen LogP) is 2.28. The Morgan fingerprint density at radius 3 is 2.44 bits per heavy atom. The van der Waals surface area contributed by atoms with E-state index in [1.807, 2.05) is 0 Å². The van der Waals surface area contributed by atoms with Crippen LogP contribution < -0.4 is 16.0 Å². The summed E-state index contributed by atoms with van der Waals surface area (Å²) in [5.41, 5.74) is 1.68. The number of hydrogen-bond acceptors (Lipinski definition) is 3. The number of hydrogen-bond donors (Lipinski definition) is 3. The monoisotopic (exact) mass is 341 g/mol. The molecule has 0 spiro atoms. The van der Waals surface area contributed by atoms with Crippen LogP contribution in [0.1, 0.15) is 23.6 Å². The Balaban J connectivity index is 1.56. The number of amides is 4. The second-order valence-electron chi connectivity index (χ2n) is 5.66. The van der Waals surface area contributed by atoms with E-state index in [0.717, 1.165) is 0 Å². The zero-order valence-corrected chi connectivity index (χ0v) is 13.2. The summed E-state index contributed by atoms with van der Waals surface area (Å²) in [5.74, 6) is -0.967. The summed E-state index contributed by atoms with van der Waals surface area (Å²) in [6, 6.07) is 11.7. The van der Waals surface area contributed by atoms with Crippen LogP contribution in [0.5, 0.6) is 0 Å². The largest absolute Gasteiger partial charge is 0.326 e. The average molecular weight is 341 g/mol. The van der Waals surface area contributed by atoms with Gasteiger partial charge < -0.3 is 10.6 Å². The second kappa shape index (κ2) is 7.12. The molecule has 3 N–H and O–H groups in total. The molecule has 0 bridgehead atoms. The number of halogens is 1. The molecule has 1 aliphatic rings. The first-order chi connectivity index (χ1) is 12.0. The number of urea groups is 1. The first-order valence-electron chi connectivity index (χ1n) is 7.77. The van der Waals surface area contributed by atoms with Gasteiger partial charge in [-0.1, -0.05) is 30.3 Å². The van der Waals surface area contributed by atoms with Gasteiger partial charge >= 0.3 is 6.03 Å². The minimum atomic E-state index is -0.724. The average Bonchev–Trinajstić information content (AvgIpc) is 2.93. The minimum Gasteiger partial charge on any atom is -0.326 e. The summed E-state index contributed by atoms with van der Waals surface area (Å²) in [7, 11) is 0. The minimum absolute atomic E-state index is 0.157. The summed E-state index contributed by atoms with van der Waals surface area (Å²) in [6.07, 6.45) is 0.467. The van der Waals surface area contributed by atoms with Crippen LogP contribution in [0.15, 0.2) is 48.5 Å². The van der Waals surface area contributed by atoms with Crippen molar-refractivity contribution >= 4 is 23.5 Å². The van der Waals surface area contributed by atoms with Crippen molar-refractivity contribution in [2.75, 3.05) is 5.32 Å². The molecule has 2 aromatic rings.